The molecule has 0 aliphatic heterocycles. The van der Waals surface area contributed by atoms with Crippen LogP contribution in [0.5, 0.6) is 0 Å². The molecule has 1 heterocycles. The van der Waals surface area contributed by atoms with Crippen molar-refractivity contribution in [2.45, 2.75) is 19.4 Å². The van der Waals surface area contributed by atoms with Gasteiger partial charge >= 0.3 is 0 Å². The number of carbonyl (C=O) groups excluding carboxylic acids is 1. The monoisotopic (exact) mass is 239 g/mol. The lowest BCUT2D eigenvalue weighted by Crippen LogP contribution is -2.36. The number of nitrogens with zero attached hydrogens (tertiary/aromatic N) is 1. The van der Waals surface area contributed by atoms with Gasteiger partial charge < -0.3 is 11.1 Å². The molecule has 1 atom stereocenters. The molecule has 0 radical (unpaired) electrons. The topological polar surface area (TPSA) is 68.0 Å². The van der Waals surface area contributed by atoms with Gasteiger partial charge in [0.15, 0.2) is 0 Å². The van der Waals surface area contributed by atoms with Crippen molar-refractivity contribution in [3.63, 3.8) is 0 Å². The average molecular weight is 239 g/mol. The van der Waals surface area contributed by atoms with Gasteiger partial charge in [0.1, 0.15) is 5.82 Å². The normalized spacial score (nSPS) is 12.1. The first-order valence-electron chi connectivity index (χ1n) is 5.19. The maximum absolute atomic E-state index is 11.9. The van der Waals surface area contributed by atoms with Gasteiger partial charge in [-0.1, -0.05) is 6.92 Å². The van der Waals surface area contributed by atoms with Crippen molar-refractivity contribution < 1.29 is 4.79 Å². The van der Waals surface area contributed by atoms with Crippen LogP contribution >= 0.6 is 11.8 Å². The van der Waals surface area contributed by atoms with Crippen LogP contribution in [0, 0.1) is 0 Å². The Hall–Kier alpha value is -1.23. The number of nitrogens with one attached hydrogen (secondary N) is 1. The molecule has 3 N–H and O–H groups in total. The first kappa shape index (κ1) is 12.8. The van der Waals surface area contributed by atoms with E-state index in [1.807, 2.05) is 13.2 Å². The highest BCUT2D eigenvalue weighted by molar-refractivity contribution is 7.98. The molecule has 16 heavy (non-hydrogen) atoms. The highest BCUT2D eigenvalue weighted by Crippen LogP contribution is 2.08. The Balaban J connectivity index is 2.68. The van der Waals surface area contributed by atoms with Gasteiger partial charge in [-0.05, 0) is 24.8 Å². The fourth-order valence-electron chi connectivity index (χ4n) is 1.34. The summed E-state index contributed by atoms with van der Waals surface area (Å²) in [5, 5.41) is 2.94. The van der Waals surface area contributed by atoms with E-state index < -0.39 is 0 Å². The third kappa shape index (κ3) is 3.41. The van der Waals surface area contributed by atoms with Crippen LogP contribution in [0.3, 0.4) is 0 Å². The van der Waals surface area contributed by atoms with E-state index in [4.69, 9.17) is 5.73 Å². The molecule has 1 amide bonds. The van der Waals surface area contributed by atoms with E-state index in [1.165, 1.54) is 0 Å². The third-order valence-corrected chi connectivity index (χ3v) is 3.01. The van der Waals surface area contributed by atoms with E-state index in [2.05, 4.69) is 10.3 Å². The van der Waals surface area contributed by atoms with E-state index in [1.54, 1.807) is 30.1 Å². The number of nitrogen functional groups attached to an aromatic ring is 1. The van der Waals surface area contributed by atoms with Gasteiger partial charge in [-0.2, -0.15) is 11.8 Å². The van der Waals surface area contributed by atoms with Crippen molar-refractivity contribution in [1.29, 1.82) is 0 Å². The number of amides is 1. The van der Waals surface area contributed by atoms with Crippen LogP contribution in [-0.2, 0) is 0 Å². The summed E-state index contributed by atoms with van der Waals surface area (Å²) in [6.07, 6.45) is 4.51. The zero-order valence-corrected chi connectivity index (χ0v) is 10.4. The smallest absolute Gasteiger partial charge is 0.255 e. The molecule has 0 aromatic carbocycles. The molecule has 0 aliphatic rings. The molecule has 0 aliphatic carbocycles. The van der Waals surface area contributed by atoms with E-state index in [-0.39, 0.29) is 17.8 Å². The van der Waals surface area contributed by atoms with Crippen LogP contribution in [0.2, 0.25) is 0 Å². The molecule has 0 bridgehead atoms. The van der Waals surface area contributed by atoms with Crippen LogP contribution in [0.4, 0.5) is 5.82 Å². The molecule has 0 spiro atoms. The largest absolute Gasteiger partial charge is 0.383 e. The van der Waals surface area contributed by atoms with E-state index in [0.29, 0.717) is 5.56 Å². The average Bonchev–Trinajstić information content (AvgIpc) is 2.28. The van der Waals surface area contributed by atoms with Gasteiger partial charge in [-0.3, -0.25) is 4.79 Å². The minimum atomic E-state index is -0.147. The highest BCUT2D eigenvalue weighted by Gasteiger charge is 2.13. The minimum Gasteiger partial charge on any atom is -0.383 e. The fourth-order valence-corrected chi connectivity index (χ4v) is 2.06. The molecule has 4 nitrogen and oxygen atoms in total. The van der Waals surface area contributed by atoms with Crippen LogP contribution in [-0.4, -0.2) is 28.9 Å². The molecule has 88 valence electrons. The van der Waals surface area contributed by atoms with Gasteiger partial charge in [0, 0.05) is 18.0 Å². The zero-order chi connectivity index (χ0) is 12.0. The van der Waals surface area contributed by atoms with Gasteiger partial charge in [0.25, 0.3) is 5.91 Å². The van der Waals surface area contributed by atoms with Crippen molar-refractivity contribution in [2.75, 3.05) is 17.7 Å². The molecular weight excluding hydrogens is 222 g/mol. The van der Waals surface area contributed by atoms with Gasteiger partial charge in [0.05, 0.1) is 5.56 Å². The summed E-state index contributed by atoms with van der Waals surface area (Å²) >= 11 is 1.71. The molecule has 1 aromatic heterocycles. The maximum Gasteiger partial charge on any atom is 0.255 e. The van der Waals surface area contributed by atoms with Gasteiger partial charge in [-0.25, -0.2) is 4.98 Å². The number of rotatable bonds is 5. The molecule has 5 heteroatoms. The number of thioether (sulfide) groups is 1. The predicted octanol–water partition coefficient (Wildman–Crippen LogP) is 1.54. The maximum atomic E-state index is 11.9. The van der Waals surface area contributed by atoms with Crippen LogP contribution < -0.4 is 11.1 Å². The number of pyridine rings is 1. The van der Waals surface area contributed by atoms with Crippen molar-refractivity contribution >= 4 is 23.5 Å². The Bertz CT molecular complexity index is 357. The first-order chi connectivity index (χ1) is 7.69. The summed E-state index contributed by atoms with van der Waals surface area (Å²) in [7, 11) is 0. The third-order valence-electron chi connectivity index (χ3n) is 2.28. The Labute approximate surface area is 100 Å². The fraction of sp³-hybridized carbons (Fsp3) is 0.455. The van der Waals surface area contributed by atoms with E-state index in [0.717, 1.165) is 12.2 Å². The van der Waals surface area contributed by atoms with E-state index in [9.17, 15) is 4.79 Å². The highest BCUT2D eigenvalue weighted by atomic mass is 32.2. The first-order valence-corrected chi connectivity index (χ1v) is 6.58. The summed E-state index contributed by atoms with van der Waals surface area (Å²) in [5.41, 5.74) is 6.08. The quantitative estimate of drug-likeness (QED) is 0.817. The van der Waals surface area contributed by atoms with E-state index >= 15 is 0 Å². The molecule has 0 saturated heterocycles. The number of aromatic nitrogens is 1. The van der Waals surface area contributed by atoms with Crippen molar-refractivity contribution in [2.24, 2.45) is 0 Å². The van der Waals surface area contributed by atoms with Crippen LogP contribution in [0.15, 0.2) is 18.3 Å². The second kappa shape index (κ2) is 6.37. The van der Waals surface area contributed by atoms with Gasteiger partial charge in [0.2, 0.25) is 0 Å². The Morgan fingerprint density at radius 3 is 3.00 bits per heavy atom. The molecule has 1 unspecified atom stereocenters. The lowest BCUT2D eigenvalue weighted by molar-refractivity contribution is 0.0940. The second-order valence-corrected chi connectivity index (χ2v) is 4.38. The SMILES string of the molecule is CCC(CSC)NC(=O)c1cccnc1N. The number of anilines is 1. The number of carbonyl (C=O) groups is 1. The Kier molecular flexibility index (Phi) is 5.11. The minimum absolute atomic E-state index is 0.147. The standard InChI is InChI=1S/C11H17N3OS/c1-3-8(7-16-2)14-11(15)9-5-4-6-13-10(9)12/h4-6,8H,3,7H2,1-2H3,(H2,12,13)(H,14,15). The van der Waals surface area contributed by atoms with Gasteiger partial charge in [-0.15, -0.1) is 0 Å². The molecule has 1 rings (SSSR count). The summed E-state index contributed by atoms with van der Waals surface area (Å²) in [6, 6.07) is 3.58. The van der Waals surface area contributed by atoms with Crippen LogP contribution in [0.1, 0.15) is 23.7 Å². The Morgan fingerprint density at radius 2 is 2.44 bits per heavy atom. The number of nitrogens with two attached hydrogens (primary N) is 1. The van der Waals surface area contributed by atoms with Crippen molar-refractivity contribution in [3.8, 4) is 0 Å². The zero-order valence-electron chi connectivity index (χ0n) is 9.56. The number of hydrogen-bond acceptors (Lipinski definition) is 4. The van der Waals surface area contributed by atoms with Crippen LogP contribution in [0.25, 0.3) is 0 Å². The lowest BCUT2D eigenvalue weighted by Gasteiger charge is -2.16. The summed E-state index contributed by atoms with van der Waals surface area (Å²) in [6.45, 7) is 2.05. The molecule has 0 saturated carbocycles. The summed E-state index contributed by atoms with van der Waals surface area (Å²) in [5.74, 6) is 1.04. The number of hydrogen-bond donors (Lipinski definition) is 2. The Morgan fingerprint density at radius 1 is 1.69 bits per heavy atom. The van der Waals surface area contributed by atoms with Crippen molar-refractivity contribution in [3.05, 3.63) is 23.9 Å². The van der Waals surface area contributed by atoms with Crippen molar-refractivity contribution in [1.82, 2.24) is 10.3 Å². The molecule has 0 fully saturated rings. The predicted molar refractivity (Wildman–Crippen MR) is 68.6 cm³/mol. The molecular formula is C11H17N3OS. The molecule has 1 aromatic rings. The lowest BCUT2D eigenvalue weighted by atomic mass is 10.2. The second-order valence-electron chi connectivity index (χ2n) is 3.47. The summed E-state index contributed by atoms with van der Waals surface area (Å²) < 4.78 is 0. The summed E-state index contributed by atoms with van der Waals surface area (Å²) in [4.78, 5) is 15.8.